The molecule has 2 N–H and O–H groups in total. The molecule has 2 heterocycles. The Morgan fingerprint density at radius 1 is 1.53 bits per heavy atom. The van der Waals surface area contributed by atoms with E-state index in [1.165, 1.54) is 0 Å². The van der Waals surface area contributed by atoms with Crippen molar-refractivity contribution in [2.45, 2.75) is 20.3 Å². The molecule has 2 aromatic heterocycles. The molecule has 0 unspecified atom stereocenters. The lowest BCUT2D eigenvalue weighted by Crippen LogP contribution is -1.94. The third-order valence-electron chi connectivity index (χ3n) is 2.26. The van der Waals surface area contributed by atoms with Crippen LogP contribution in [-0.2, 0) is 13.5 Å². The first-order valence-electron chi connectivity index (χ1n) is 4.88. The van der Waals surface area contributed by atoms with Crippen LogP contribution < -0.4 is 5.73 Å². The SMILES string of the molecule is CCc1nc(-c2sc(N)cc2C)n(C)n1. The molecule has 0 saturated heterocycles. The molecule has 80 valence electrons. The first-order valence-corrected chi connectivity index (χ1v) is 5.69. The van der Waals surface area contributed by atoms with Crippen LogP contribution in [0.4, 0.5) is 5.00 Å². The van der Waals surface area contributed by atoms with Crippen molar-refractivity contribution in [3.05, 3.63) is 17.5 Å². The average molecular weight is 222 g/mol. The third-order valence-corrected chi connectivity index (χ3v) is 3.33. The maximum atomic E-state index is 5.77. The highest BCUT2D eigenvalue weighted by atomic mass is 32.1. The maximum Gasteiger partial charge on any atom is 0.168 e. The second kappa shape index (κ2) is 3.66. The molecule has 0 radical (unpaired) electrons. The summed E-state index contributed by atoms with van der Waals surface area (Å²) < 4.78 is 1.82. The molecule has 0 amide bonds. The lowest BCUT2D eigenvalue weighted by molar-refractivity contribution is 0.753. The van der Waals surface area contributed by atoms with Crippen LogP contribution in [0, 0.1) is 6.92 Å². The van der Waals surface area contributed by atoms with Gasteiger partial charge in [0.1, 0.15) is 0 Å². The summed E-state index contributed by atoms with van der Waals surface area (Å²) in [7, 11) is 1.91. The Balaban J connectivity index is 2.53. The van der Waals surface area contributed by atoms with Crippen LogP contribution in [0.1, 0.15) is 18.3 Å². The van der Waals surface area contributed by atoms with Crippen molar-refractivity contribution in [2.24, 2.45) is 7.05 Å². The normalized spacial score (nSPS) is 10.9. The van der Waals surface area contributed by atoms with Gasteiger partial charge in [0.05, 0.1) is 9.88 Å². The molecule has 15 heavy (non-hydrogen) atoms. The zero-order valence-electron chi connectivity index (χ0n) is 9.11. The molecule has 2 rings (SSSR count). The van der Waals surface area contributed by atoms with Gasteiger partial charge in [0.2, 0.25) is 0 Å². The summed E-state index contributed by atoms with van der Waals surface area (Å²) in [5.41, 5.74) is 6.93. The molecule has 5 heteroatoms. The van der Waals surface area contributed by atoms with E-state index in [1.54, 1.807) is 11.3 Å². The van der Waals surface area contributed by atoms with Gasteiger partial charge in [-0.25, -0.2) is 9.67 Å². The second-order valence-corrected chi connectivity index (χ2v) is 4.57. The number of nitrogens with zero attached hydrogens (tertiary/aromatic N) is 3. The summed E-state index contributed by atoms with van der Waals surface area (Å²) in [6.45, 7) is 4.09. The minimum Gasteiger partial charge on any atom is -0.391 e. The van der Waals surface area contributed by atoms with E-state index in [0.29, 0.717) is 0 Å². The monoisotopic (exact) mass is 222 g/mol. The highest BCUT2D eigenvalue weighted by Crippen LogP contribution is 2.32. The van der Waals surface area contributed by atoms with Crippen molar-refractivity contribution >= 4 is 16.3 Å². The number of aromatic nitrogens is 3. The Kier molecular flexibility index (Phi) is 2.48. The van der Waals surface area contributed by atoms with Crippen molar-refractivity contribution in [3.63, 3.8) is 0 Å². The predicted octanol–water partition coefficient (Wildman–Crippen LogP) is 2.00. The van der Waals surface area contributed by atoms with E-state index in [2.05, 4.69) is 17.0 Å². The fraction of sp³-hybridized carbons (Fsp3) is 0.400. The molecule has 0 bridgehead atoms. The summed E-state index contributed by atoms with van der Waals surface area (Å²) in [6, 6.07) is 1.97. The minimum atomic E-state index is 0.823. The van der Waals surface area contributed by atoms with Gasteiger partial charge in [-0.1, -0.05) is 6.92 Å². The van der Waals surface area contributed by atoms with Crippen LogP contribution in [0.25, 0.3) is 10.7 Å². The number of nitrogens with two attached hydrogens (primary N) is 1. The van der Waals surface area contributed by atoms with E-state index in [0.717, 1.165) is 33.5 Å². The van der Waals surface area contributed by atoms with E-state index in [1.807, 2.05) is 24.7 Å². The van der Waals surface area contributed by atoms with E-state index in [9.17, 15) is 0 Å². The van der Waals surface area contributed by atoms with E-state index >= 15 is 0 Å². The van der Waals surface area contributed by atoms with E-state index in [-0.39, 0.29) is 0 Å². The molecule has 0 atom stereocenters. The molecule has 0 fully saturated rings. The van der Waals surface area contributed by atoms with Crippen LogP contribution >= 0.6 is 11.3 Å². The largest absolute Gasteiger partial charge is 0.391 e. The third kappa shape index (κ3) is 1.74. The van der Waals surface area contributed by atoms with Gasteiger partial charge in [0, 0.05) is 13.5 Å². The van der Waals surface area contributed by atoms with Gasteiger partial charge in [0.15, 0.2) is 11.6 Å². The fourth-order valence-electron chi connectivity index (χ4n) is 1.51. The van der Waals surface area contributed by atoms with Crippen molar-refractivity contribution in [2.75, 3.05) is 5.73 Å². The maximum absolute atomic E-state index is 5.77. The van der Waals surface area contributed by atoms with Crippen molar-refractivity contribution in [1.29, 1.82) is 0 Å². The Morgan fingerprint density at radius 3 is 2.73 bits per heavy atom. The molecule has 0 aliphatic heterocycles. The summed E-state index contributed by atoms with van der Waals surface area (Å²) >= 11 is 1.56. The molecular formula is C10H14N4S. The van der Waals surface area contributed by atoms with E-state index < -0.39 is 0 Å². The van der Waals surface area contributed by atoms with Crippen LogP contribution in [0.2, 0.25) is 0 Å². The zero-order chi connectivity index (χ0) is 11.0. The first kappa shape index (κ1) is 10.2. The molecular weight excluding hydrogens is 208 g/mol. The van der Waals surface area contributed by atoms with Crippen molar-refractivity contribution in [1.82, 2.24) is 14.8 Å². The average Bonchev–Trinajstić information content (AvgIpc) is 2.69. The lowest BCUT2D eigenvalue weighted by Gasteiger charge is -1.96. The summed E-state index contributed by atoms with van der Waals surface area (Å²) in [5.74, 6) is 1.78. The van der Waals surface area contributed by atoms with Gasteiger partial charge in [-0.3, -0.25) is 0 Å². The van der Waals surface area contributed by atoms with Gasteiger partial charge in [-0.15, -0.1) is 11.3 Å². The molecule has 4 nitrogen and oxygen atoms in total. The number of rotatable bonds is 2. The molecule has 0 aliphatic rings. The summed E-state index contributed by atoms with van der Waals surface area (Å²) in [6.07, 6.45) is 0.855. The number of hydrogen-bond donors (Lipinski definition) is 1. The Hall–Kier alpha value is -1.36. The standard InChI is InChI=1S/C10H14N4S/c1-4-8-12-10(14(3)13-8)9-6(2)5-7(11)15-9/h5H,4,11H2,1-3H3. The number of nitrogen functional groups attached to an aromatic ring is 1. The smallest absolute Gasteiger partial charge is 0.168 e. The molecule has 0 aromatic carbocycles. The van der Waals surface area contributed by atoms with Gasteiger partial charge in [-0.2, -0.15) is 5.10 Å². The topological polar surface area (TPSA) is 56.7 Å². The summed E-state index contributed by atoms with van der Waals surface area (Å²) in [4.78, 5) is 5.59. The predicted molar refractivity (Wildman–Crippen MR) is 62.8 cm³/mol. The Morgan fingerprint density at radius 2 is 2.27 bits per heavy atom. The van der Waals surface area contributed by atoms with Crippen LogP contribution in [0.15, 0.2) is 6.07 Å². The fourth-order valence-corrected chi connectivity index (χ4v) is 2.47. The quantitative estimate of drug-likeness (QED) is 0.845. The van der Waals surface area contributed by atoms with Crippen LogP contribution in [0.5, 0.6) is 0 Å². The minimum absolute atomic E-state index is 0.823. The zero-order valence-corrected chi connectivity index (χ0v) is 9.93. The van der Waals surface area contributed by atoms with E-state index in [4.69, 9.17) is 5.73 Å². The number of hydrogen-bond acceptors (Lipinski definition) is 4. The highest BCUT2D eigenvalue weighted by molar-refractivity contribution is 7.19. The number of aryl methyl sites for hydroxylation is 3. The molecule has 0 aliphatic carbocycles. The van der Waals surface area contributed by atoms with Crippen molar-refractivity contribution < 1.29 is 0 Å². The Labute approximate surface area is 92.8 Å². The molecule has 2 aromatic rings. The molecule has 0 saturated carbocycles. The van der Waals surface area contributed by atoms with Crippen molar-refractivity contribution in [3.8, 4) is 10.7 Å². The van der Waals surface area contributed by atoms with Crippen LogP contribution in [0.3, 0.4) is 0 Å². The van der Waals surface area contributed by atoms with Gasteiger partial charge >= 0.3 is 0 Å². The number of anilines is 1. The lowest BCUT2D eigenvalue weighted by atomic mass is 10.3. The van der Waals surface area contributed by atoms with Gasteiger partial charge in [-0.05, 0) is 18.6 Å². The highest BCUT2D eigenvalue weighted by Gasteiger charge is 2.13. The van der Waals surface area contributed by atoms with Gasteiger partial charge in [0.25, 0.3) is 0 Å². The van der Waals surface area contributed by atoms with Crippen LogP contribution in [-0.4, -0.2) is 14.8 Å². The summed E-state index contributed by atoms with van der Waals surface area (Å²) in [5, 5.41) is 5.15. The Bertz CT molecular complexity index is 484. The number of thiophene rings is 1. The second-order valence-electron chi connectivity index (χ2n) is 3.49. The first-order chi connectivity index (χ1) is 7.11. The molecule has 0 spiro atoms. The van der Waals surface area contributed by atoms with Gasteiger partial charge < -0.3 is 5.73 Å².